The smallest absolute Gasteiger partial charge is 0.251 e. The lowest BCUT2D eigenvalue weighted by Crippen LogP contribution is -2.38. The summed E-state index contributed by atoms with van der Waals surface area (Å²) in [7, 11) is 0. The molecule has 2 rings (SSSR count). The zero-order valence-corrected chi connectivity index (χ0v) is 15.2. The molecule has 0 heterocycles. The van der Waals surface area contributed by atoms with Gasteiger partial charge in [-0.05, 0) is 49.1 Å². The van der Waals surface area contributed by atoms with Gasteiger partial charge in [0.05, 0.1) is 0 Å². The van der Waals surface area contributed by atoms with Gasteiger partial charge in [0, 0.05) is 32.1 Å². The first kappa shape index (κ1) is 18.7. The molecule has 2 amide bonds. The average Bonchev–Trinajstić information content (AvgIpc) is 2.60. The highest BCUT2D eigenvalue weighted by Crippen LogP contribution is 2.09. The third-order valence-electron chi connectivity index (χ3n) is 4.39. The van der Waals surface area contributed by atoms with Crippen LogP contribution in [0.15, 0.2) is 48.5 Å². The van der Waals surface area contributed by atoms with Crippen molar-refractivity contribution in [2.24, 2.45) is 0 Å². The van der Waals surface area contributed by atoms with Crippen LogP contribution in [-0.2, 0) is 11.2 Å². The first-order valence-corrected chi connectivity index (χ1v) is 8.62. The monoisotopic (exact) mass is 338 g/mol. The molecule has 132 valence electrons. The Bertz CT molecular complexity index is 726. The highest BCUT2D eigenvalue weighted by molar-refractivity contribution is 5.94. The molecule has 0 spiro atoms. The summed E-state index contributed by atoms with van der Waals surface area (Å²) < 4.78 is 0. The van der Waals surface area contributed by atoms with Crippen molar-refractivity contribution < 1.29 is 9.59 Å². The molecular weight excluding hydrogens is 312 g/mol. The Morgan fingerprint density at radius 3 is 2.32 bits per heavy atom. The zero-order chi connectivity index (χ0) is 18.2. The number of aryl methyl sites for hydroxylation is 2. The van der Waals surface area contributed by atoms with E-state index in [0.717, 1.165) is 12.0 Å². The summed E-state index contributed by atoms with van der Waals surface area (Å²) in [4.78, 5) is 25.8. The van der Waals surface area contributed by atoms with Crippen LogP contribution < -0.4 is 5.32 Å². The topological polar surface area (TPSA) is 49.4 Å². The SMILES string of the molecule is CC(=O)N(CCNC(=O)c1ccc(C)c(C)c1)CCc1ccccc1. The van der Waals surface area contributed by atoms with E-state index in [2.05, 4.69) is 17.4 Å². The maximum atomic E-state index is 12.2. The van der Waals surface area contributed by atoms with Gasteiger partial charge in [0.1, 0.15) is 0 Å². The number of nitrogens with one attached hydrogen (secondary N) is 1. The largest absolute Gasteiger partial charge is 0.350 e. The van der Waals surface area contributed by atoms with Crippen LogP contribution in [0.1, 0.15) is 34.0 Å². The molecule has 4 nitrogen and oxygen atoms in total. The van der Waals surface area contributed by atoms with Gasteiger partial charge in [-0.15, -0.1) is 0 Å². The first-order valence-electron chi connectivity index (χ1n) is 8.62. The van der Waals surface area contributed by atoms with E-state index in [4.69, 9.17) is 0 Å². The summed E-state index contributed by atoms with van der Waals surface area (Å²) in [6, 6.07) is 15.8. The van der Waals surface area contributed by atoms with Crippen LogP contribution in [0, 0.1) is 13.8 Å². The molecule has 0 bridgehead atoms. The van der Waals surface area contributed by atoms with Crippen LogP contribution >= 0.6 is 0 Å². The molecule has 0 aromatic heterocycles. The molecule has 4 heteroatoms. The summed E-state index contributed by atoms with van der Waals surface area (Å²) in [5.41, 5.74) is 4.12. The number of carbonyl (C=O) groups excluding carboxylic acids is 2. The second kappa shape index (κ2) is 9.02. The molecule has 0 saturated carbocycles. The second-order valence-electron chi connectivity index (χ2n) is 6.30. The van der Waals surface area contributed by atoms with Crippen LogP contribution in [0.4, 0.5) is 0 Å². The van der Waals surface area contributed by atoms with Crippen molar-refractivity contribution in [3.8, 4) is 0 Å². The highest BCUT2D eigenvalue weighted by Gasteiger charge is 2.10. The van der Waals surface area contributed by atoms with Crippen molar-refractivity contribution in [3.05, 3.63) is 70.8 Å². The third kappa shape index (κ3) is 5.75. The van der Waals surface area contributed by atoms with Crippen LogP contribution in [-0.4, -0.2) is 36.3 Å². The normalized spacial score (nSPS) is 10.4. The molecular formula is C21H26N2O2. The fourth-order valence-electron chi connectivity index (χ4n) is 2.62. The molecule has 1 N–H and O–H groups in total. The van der Waals surface area contributed by atoms with Crippen molar-refractivity contribution in [3.63, 3.8) is 0 Å². The molecule has 0 aliphatic carbocycles. The van der Waals surface area contributed by atoms with E-state index in [0.29, 0.717) is 25.2 Å². The maximum Gasteiger partial charge on any atom is 0.251 e. The van der Waals surface area contributed by atoms with Crippen molar-refractivity contribution >= 4 is 11.8 Å². The summed E-state index contributed by atoms with van der Waals surface area (Å²) in [5.74, 6) is -0.0778. The summed E-state index contributed by atoms with van der Waals surface area (Å²) in [6.45, 7) is 7.19. The lowest BCUT2D eigenvalue weighted by atomic mass is 10.1. The molecule has 0 saturated heterocycles. The van der Waals surface area contributed by atoms with Crippen LogP contribution in [0.25, 0.3) is 0 Å². The number of rotatable bonds is 7. The van der Waals surface area contributed by atoms with Gasteiger partial charge in [-0.25, -0.2) is 0 Å². The van der Waals surface area contributed by atoms with Crippen molar-refractivity contribution in [1.82, 2.24) is 10.2 Å². The molecule has 0 radical (unpaired) electrons. The second-order valence-corrected chi connectivity index (χ2v) is 6.30. The Morgan fingerprint density at radius 1 is 0.960 bits per heavy atom. The Balaban J connectivity index is 1.83. The number of carbonyl (C=O) groups is 2. The quantitative estimate of drug-likeness (QED) is 0.843. The average molecular weight is 338 g/mol. The first-order chi connectivity index (χ1) is 12.0. The number of hydrogen-bond acceptors (Lipinski definition) is 2. The summed E-state index contributed by atoms with van der Waals surface area (Å²) in [5, 5.41) is 2.90. The standard InChI is InChI=1S/C21H26N2O2/c1-16-9-10-20(15-17(16)2)21(25)22-12-14-23(18(3)24)13-11-19-7-5-4-6-8-19/h4-10,15H,11-14H2,1-3H3,(H,22,25). The Labute approximate surface area is 149 Å². The van der Waals surface area contributed by atoms with Gasteiger partial charge in [0.25, 0.3) is 5.91 Å². The van der Waals surface area contributed by atoms with Gasteiger partial charge in [-0.1, -0.05) is 36.4 Å². The molecule has 0 aliphatic rings. The Morgan fingerprint density at radius 2 is 1.68 bits per heavy atom. The minimum atomic E-state index is -0.102. The van der Waals surface area contributed by atoms with Crippen molar-refractivity contribution in [2.45, 2.75) is 27.2 Å². The third-order valence-corrected chi connectivity index (χ3v) is 4.39. The maximum absolute atomic E-state index is 12.2. The highest BCUT2D eigenvalue weighted by atomic mass is 16.2. The molecule has 2 aromatic rings. The van der Waals surface area contributed by atoms with Gasteiger partial charge in [0.2, 0.25) is 5.91 Å². The van der Waals surface area contributed by atoms with Gasteiger partial charge in [-0.2, -0.15) is 0 Å². The summed E-state index contributed by atoms with van der Waals surface area (Å²) >= 11 is 0. The number of benzene rings is 2. The van der Waals surface area contributed by atoms with Crippen LogP contribution in [0.5, 0.6) is 0 Å². The number of amides is 2. The molecule has 2 aromatic carbocycles. The fraction of sp³-hybridized carbons (Fsp3) is 0.333. The predicted octanol–water partition coefficient (Wildman–Crippen LogP) is 3.12. The van der Waals surface area contributed by atoms with E-state index in [1.807, 2.05) is 50.2 Å². The Hall–Kier alpha value is -2.62. The molecule has 25 heavy (non-hydrogen) atoms. The van der Waals surface area contributed by atoms with E-state index in [1.165, 1.54) is 11.1 Å². The van der Waals surface area contributed by atoms with E-state index < -0.39 is 0 Å². The van der Waals surface area contributed by atoms with Gasteiger partial charge in [-0.3, -0.25) is 9.59 Å². The van der Waals surface area contributed by atoms with E-state index in [1.54, 1.807) is 11.8 Å². The van der Waals surface area contributed by atoms with Gasteiger partial charge >= 0.3 is 0 Å². The Kier molecular flexibility index (Phi) is 6.75. The van der Waals surface area contributed by atoms with E-state index >= 15 is 0 Å². The fourth-order valence-corrected chi connectivity index (χ4v) is 2.62. The van der Waals surface area contributed by atoms with Gasteiger partial charge in [0.15, 0.2) is 0 Å². The van der Waals surface area contributed by atoms with E-state index in [-0.39, 0.29) is 11.8 Å². The lowest BCUT2D eigenvalue weighted by molar-refractivity contribution is -0.128. The summed E-state index contributed by atoms with van der Waals surface area (Å²) in [6.07, 6.45) is 0.811. The molecule has 0 atom stereocenters. The minimum Gasteiger partial charge on any atom is -0.350 e. The number of hydrogen-bond donors (Lipinski definition) is 1. The van der Waals surface area contributed by atoms with Crippen molar-refractivity contribution in [1.29, 1.82) is 0 Å². The molecule has 0 aliphatic heterocycles. The van der Waals surface area contributed by atoms with Crippen LogP contribution in [0.2, 0.25) is 0 Å². The van der Waals surface area contributed by atoms with E-state index in [9.17, 15) is 9.59 Å². The molecule has 0 fully saturated rings. The lowest BCUT2D eigenvalue weighted by Gasteiger charge is -2.21. The number of nitrogens with zero attached hydrogens (tertiary/aromatic N) is 1. The minimum absolute atomic E-state index is 0.0244. The zero-order valence-electron chi connectivity index (χ0n) is 15.2. The van der Waals surface area contributed by atoms with Crippen LogP contribution in [0.3, 0.4) is 0 Å². The van der Waals surface area contributed by atoms with Gasteiger partial charge < -0.3 is 10.2 Å². The molecule has 0 unspecified atom stereocenters. The predicted molar refractivity (Wildman–Crippen MR) is 101 cm³/mol. The van der Waals surface area contributed by atoms with Crippen molar-refractivity contribution in [2.75, 3.05) is 19.6 Å².